The van der Waals surface area contributed by atoms with Crippen molar-refractivity contribution in [2.45, 2.75) is 18.7 Å². The van der Waals surface area contributed by atoms with Crippen LogP contribution >= 0.6 is 11.8 Å². The van der Waals surface area contributed by atoms with E-state index in [0.717, 1.165) is 11.8 Å². The molecule has 2 amide bonds. The van der Waals surface area contributed by atoms with Crippen molar-refractivity contribution in [1.82, 2.24) is 10.9 Å². The largest absolute Gasteiger partial charge is 0.493 e. The average molecular weight is 376 g/mol. The van der Waals surface area contributed by atoms with Crippen LogP contribution in [0.1, 0.15) is 24.2 Å². The molecule has 5 nitrogen and oxygen atoms in total. The Morgan fingerprint density at radius 1 is 1.12 bits per heavy atom. The number of hydrogen-bond acceptors (Lipinski definition) is 4. The maximum absolute atomic E-state index is 13.5. The molecule has 0 saturated heterocycles. The predicted molar refractivity (Wildman–Crippen MR) is 99.5 cm³/mol. The first-order chi connectivity index (χ1) is 12.5. The number of thioether (sulfide) groups is 1. The van der Waals surface area contributed by atoms with Gasteiger partial charge < -0.3 is 4.74 Å². The zero-order valence-corrected chi connectivity index (χ0v) is 15.4. The van der Waals surface area contributed by atoms with Crippen molar-refractivity contribution < 1.29 is 18.7 Å². The number of ether oxygens (including phenoxy) is 1. The van der Waals surface area contributed by atoms with E-state index in [9.17, 15) is 14.0 Å². The SMILES string of the molecule is CC(C)COc1cccc(C(=O)NNC(=O)CSc2ccccc2F)c1. The molecule has 2 aromatic rings. The van der Waals surface area contributed by atoms with Crippen LogP contribution in [-0.2, 0) is 4.79 Å². The highest BCUT2D eigenvalue weighted by Gasteiger charge is 2.10. The van der Waals surface area contributed by atoms with Gasteiger partial charge in [-0.3, -0.25) is 20.4 Å². The third-order valence-electron chi connectivity index (χ3n) is 3.19. The Morgan fingerprint density at radius 3 is 2.62 bits per heavy atom. The van der Waals surface area contributed by atoms with Crippen LogP contribution in [0.3, 0.4) is 0 Å². The molecule has 2 aromatic carbocycles. The Morgan fingerprint density at radius 2 is 1.88 bits per heavy atom. The van der Waals surface area contributed by atoms with E-state index in [4.69, 9.17) is 4.74 Å². The molecule has 0 spiro atoms. The summed E-state index contributed by atoms with van der Waals surface area (Å²) in [5.41, 5.74) is 5.03. The van der Waals surface area contributed by atoms with Crippen molar-refractivity contribution in [2.24, 2.45) is 5.92 Å². The maximum atomic E-state index is 13.5. The fourth-order valence-corrected chi connectivity index (χ4v) is 2.67. The van der Waals surface area contributed by atoms with Gasteiger partial charge in [-0.05, 0) is 36.2 Å². The summed E-state index contributed by atoms with van der Waals surface area (Å²) in [6.45, 7) is 4.62. The van der Waals surface area contributed by atoms with E-state index >= 15 is 0 Å². The molecular weight excluding hydrogens is 355 g/mol. The molecule has 0 fully saturated rings. The molecule has 0 aromatic heterocycles. The second kappa shape index (κ2) is 9.82. The van der Waals surface area contributed by atoms with Crippen molar-refractivity contribution in [3.8, 4) is 5.75 Å². The summed E-state index contributed by atoms with van der Waals surface area (Å²) in [6, 6.07) is 12.9. The van der Waals surface area contributed by atoms with Crippen molar-refractivity contribution in [1.29, 1.82) is 0 Å². The molecule has 26 heavy (non-hydrogen) atoms. The summed E-state index contributed by atoms with van der Waals surface area (Å²) in [5, 5.41) is 0. The minimum atomic E-state index is -0.454. The molecule has 0 atom stereocenters. The molecule has 0 aliphatic rings. The van der Waals surface area contributed by atoms with Crippen LogP contribution in [-0.4, -0.2) is 24.2 Å². The zero-order chi connectivity index (χ0) is 18.9. The lowest BCUT2D eigenvalue weighted by Gasteiger charge is -2.11. The first-order valence-electron chi connectivity index (χ1n) is 8.15. The summed E-state index contributed by atoms with van der Waals surface area (Å²) in [4.78, 5) is 24.3. The van der Waals surface area contributed by atoms with Gasteiger partial charge in [-0.2, -0.15) is 0 Å². The normalized spacial score (nSPS) is 10.5. The van der Waals surface area contributed by atoms with Gasteiger partial charge in [-0.1, -0.05) is 32.0 Å². The summed E-state index contributed by atoms with van der Waals surface area (Å²) in [6.07, 6.45) is 0. The van der Waals surface area contributed by atoms with Gasteiger partial charge in [-0.15, -0.1) is 11.8 Å². The van der Waals surface area contributed by atoms with E-state index in [2.05, 4.69) is 10.9 Å². The number of rotatable bonds is 7. The van der Waals surface area contributed by atoms with Crippen LogP contribution in [0.5, 0.6) is 5.75 Å². The van der Waals surface area contributed by atoms with Gasteiger partial charge in [0.15, 0.2) is 0 Å². The molecule has 0 bridgehead atoms. The van der Waals surface area contributed by atoms with Crippen LogP contribution < -0.4 is 15.6 Å². The van der Waals surface area contributed by atoms with Crippen LogP contribution in [0.2, 0.25) is 0 Å². The number of halogens is 1. The topological polar surface area (TPSA) is 67.4 Å². The standard InChI is InChI=1S/C19H21FN2O3S/c1-13(2)11-25-15-7-5-6-14(10-15)19(24)22-21-18(23)12-26-17-9-4-3-8-16(17)20/h3-10,13H,11-12H2,1-2H3,(H,21,23)(H,22,24). The maximum Gasteiger partial charge on any atom is 0.269 e. The van der Waals surface area contributed by atoms with Crippen molar-refractivity contribution in [3.05, 3.63) is 59.9 Å². The number of carbonyl (C=O) groups is 2. The molecule has 0 radical (unpaired) electrons. The summed E-state index contributed by atoms with van der Waals surface area (Å²) >= 11 is 1.06. The van der Waals surface area contributed by atoms with E-state index in [1.165, 1.54) is 6.07 Å². The number of hydrogen-bond donors (Lipinski definition) is 2. The van der Waals surface area contributed by atoms with Crippen molar-refractivity contribution in [2.75, 3.05) is 12.4 Å². The Hall–Kier alpha value is -2.54. The van der Waals surface area contributed by atoms with Gasteiger partial charge in [0.25, 0.3) is 5.91 Å². The van der Waals surface area contributed by atoms with Crippen molar-refractivity contribution >= 4 is 23.6 Å². The van der Waals surface area contributed by atoms with E-state index in [0.29, 0.717) is 28.7 Å². The average Bonchev–Trinajstić information content (AvgIpc) is 2.64. The molecule has 2 N–H and O–H groups in total. The fraction of sp³-hybridized carbons (Fsp3) is 0.263. The Labute approximate surface area is 156 Å². The third kappa shape index (κ3) is 6.40. The first kappa shape index (κ1) is 19.8. The molecule has 7 heteroatoms. The monoisotopic (exact) mass is 376 g/mol. The van der Waals surface area contributed by atoms with Gasteiger partial charge >= 0.3 is 0 Å². The van der Waals surface area contributed by atoms with Crippen molar-refractivity contribution in [3.63, 3.8) is 0 Å². The second-order valence-corrected chi connectivity index (χ2v) is 6.97. The minimum Gasteiger partial charge on any atom is -0.493 e. The highest BCUT2D eigenvalue weighted by molar-refractivity contribution is 8.00. The summed E-state index contributed by atoms with van der Waals surface area (Å²) in [7, 11) is 0. The molecule has 0 unspecified atom stereocenters. The van der Waals surface area contributed by atoms with Crippen LogP contribution in [0.4, 0.5) is 4.39 Å². The van der Waals surface area contributed by atoms with Gasteiger partial charge in [0.2, 0.25) is 5.91 Å². The van der Waals surface area contributed by atoms with Gasteiger partial charge in [-0.25, -0.2) is 4.39 Å². The lowest BCUT2D eigenvalue weighted by molar-refractivity contribution is -0.119. The smallest absolute Gasteiger partial charge is 0.269 e. The Balaban J connectivity index is 1.81. The molecule has 0 aliphatic carbocycles. The van der Waals surface area contributed by atoms with E-state index in [-0.39, 0.29) is 11.6 Å². The molecule has 0 aliphatic heterocycles. The van der Waals surface area contributed by atoms with E-state index < -0.39 is 11.8 Å². The second-order valence-electron chi connectivity index (χ2n) is 5.95. The first-order valence-corrected chi connectivity index (χ1v) is 9.13. The predicted octanol–water partition coefficient (Wildman–Crippen LogP) is 3.41. The number of carbonyl (C=O) groups excluding carboxylic acids is 2. The minimum absolute atomic E-state index is 0.0151. The quantitative estimate of drug-likeness (QED) is 0.574. The highest BCUT2D eigenvalue weighted by atomic mass is 32.2. The number of benzene rings is 2. The summed E-state index contributed by atoms with van der Waals surface area (Å²) in [5.74, 6) is -0.319. The van der Waals surface area contributed by atoms with Crippen LogP contribution in [0, 0.1) is 11.7 Å². The van der Waals surface area contributed by atoms with Crippen LogP contribution in [0.15, 0.2) is 53.4 Å². The van der Waals surface area contributed by atoms with E-state index in [1.54, 1.807) is 42.5 Å². The van der Waals surface area contributed by atoms with E-state index in [1.807, 2.05) is 13.8 Å². The number of nitrogens with one attached hydrogen (secondary N) is 2. The Kier molecular flexibility index (Phi) is 7.47. The lowest BCUT2D eigenvalue weighted by atomic mass is 10.2. The van der Waals surface area contributed by atoms with Gasteiger partial charge in [0, 0.05) is 10.5 Å². The van der Waals surface area contributed by atoms with Gasteiger partial charge in [0.05, 0.1) is 12.4 Å². The van der Waals surface area contributed by atoms with Crippen LogP contribution in [0.25, 0.3) is 0 Å². The number of hydrazine groups is 1. The zero-order valence-electron chi connectivity index (χ0n) is 14.6. The number of amides is 2. The lowest BCUT2D eigenvalue weighted by Crippen LogP contribution is -2.42. The summed E-state index contributed by atoms with van der Waals surface area (Å²) < 4.78 is 19.1. The fourth-order valence-electron chi connectivity index (χ4n) is 1.93. The molecule has 0 saturated carbocycles. The molecular formula is C19H21FN2O3S. The highest BCUT2D eigenvalue weighted by Crippen LogP contribution is 2.20. The molecule has 138 valence electrons. The Bertz CT molecular complexity index is 768. The van der Waals surface area contributed by atoms with Gasteiger partial charge in [0.1, 0.15) is 11.6 Å². The third-order valence-corrected chi connectivity index (χ3v) is 4.24. The molecule has 2 rings (SSSR count). The molecule has 0 heterocycles.